The molecule has 7 heteroatoms. The molecule has 0 saturated carbocycles. The molecule has 0 heterocycles. The van der Waals surface area contributed by atoms with Crippen LogP contribution in [0.1, 0.15) is 32.3 Å². The second kappa shape index (κ2) is 8.17. The quantitative estimate of drug-likeness (QED) is 0.570. The number of rotatable bonds is 7. The summed E-state index contributed by atoms with van der Waals surface area (Å²) < 4.78 is 0. The van der Waals surface area contributed by atoms with Crippen LogP contribution in [0.2, 0.25) is 0 Å². The minimum Gasteiger partial charge on any atom is -0.508 e. The fourth-order valence-corrected chi connectivity index (χ4v) is 1.99. The molecule has 23 heavy (non-hydrogen) atoms. The maximum absolute atomic E-state index is 11.8. The number of carbonyl (C=O) groups excluding carboxylic acids is 2. The van der Waals surface area contributed by atoms with E-state index in [0.29, 0.717) is 11.3 Å². The molecule has 0 aliphatic heterocycles. The molecule has 1 atom stereocenters. The molecule has 1 rings (SSSR count). The first-order chi connectivity index (χ1) is 10.7. The van der Waals surface area contributed by atoms with E-state index in [2.05, 4.69) is 10.6 Å². The number of carboxylic acids is 1. The number of aliphatic carboxylic acids is 1. The molecular formula is C16H22N2O5. The van der Waals surface area contributed by atoms with Crippen molar-refractivity contribution in [2.75, 3.05) is 5.32 Å². The van der Waals surface area contributed by atoms with Crippen molar-refractivity contribution in [3.63, 3.8) is 0 Å². The lowest BCUT2D eigenvalue weighted by atomic mass is 10.0. The summed E-state index contributed by atoms with van der Waals surface area (Å²) in [5.74, 6) is -2.08. The van der Waals surface area contributed by atoms with Crippen molar-refractivity contribution < 1.29 is 24.6 Å². The standard InChI is InChI=1S/C16H22N2O5/c1-9(2)15(16(22)23)18-14(21)7-6-13(20)17-12-5-4-11(19)8-10(12)3/h4-5,8-9,15,19H,6-7H2,1-3H3,(H,17,20)(H,18,21)(H,22,23). The van der Waals surface area contributed by atoms with Crippen LogP contribution < -0.4 is 10.6 Å². The third kappa shape index (κ3) is 5.98. The molecular weight excluding hydrogens is 300 g/mol. The van der Waals surface area contributed by atoms with Crippen LogP contribution in [0.25, 0.3) is 0 Å². The maximum Gasteiger partial charge on any atom is 0.326 e. The van der Waals surface area contributed by atoms with E-state index in [4.69, 9.17) is 5.11 Å². The minimum atomic E-state index is -1.10. The van der Waals surface area contributed by atoms with Gasteiger partial charge in [0, 0.05) is 18.5 Å². The number of aromatic hydroxyl groups is 1. The third-order valence-corrected chi connectivity index (χ3v) is 3.31. The first-order valence-electron chi connectivity index (χ1n) is 7.32. The monoisotopic (exact) mass is 322 g/mol. The van der Waals surface area contributed by atoms with Gasteiger partial charge in [0.25, 0.3) is 0 Å². The zero-order valence-corrected chi connectivity index (χ0v) is 13.4. The summed E-state index contributed by atoms with van der Waals surface area (Å²) in [6, 6.07) is 3.57. The van der Waals surface area contributed by atoms with Crippen molar-refractivity contribution >= 4 is 23.5 Å². The fraction of sp³-hybridized carbons (Fsp3) is 0.438. The fourth-order valence-electron chi connectivity index (χ4n) is 1.99. The van der Waals surface area contributed by atoms with Crippen molar-refractivity contribution in [2.45, 2.75) is 39.7 Å². The van der Waals surface area contributed by atoms with E-state index in [1.165, 1.54) is 12.1 Å². The minimum absolute atomic E-state index is 0.0589. The van der Waals surface area contributed by atoms with Crippen molar-refractivity contribution in [2.24, 2.45) is 5.92 Å². The number of hydrogen-bond acceptors (Lipinski definition) is 4. The highest BCUT2D eigenvalue weighted by molar-refractivity contribution is 5.94. The summed E-state index contributed by atoms with van der Waals surface area (Å²) >= 11 is 0. The molecule has 126 valence electrons. The van der Waals surface area contributed by atoms with Crippen molar-refractivity contribution in [1.82, 2.24) is 5.32 Å². The van der Waals surface area contributed by atoms with E-state index in [-0.39, 0.29) is 30.4 Å². The molecule has 0 aliphatic carbocycles. The van der Waals surface area contributed by atoms with Gasteiger partial charge in [-0.1, -0.05) is 13.8 Å². The highest BCUT2D eigenvalue weighted by Gasteiger charge is 2.23. The predicted molar refractivity (Wildman–Crippen MR) is 85.1 cm³/mol. The Labute approximate surface area is 134 Å². The number of carbonyl (C=O) groups is 3. The predicted octanol–water partition coefficient (Wildman–Crippen LogP) is 1.64. The van der Waals surface area contributed by atoms with Gasteiger partial charge in [0.1, 0.15) is 11.8 Å². The van der Waals surface area contributed by atoms with Crippen LogP contribution in [0.3, 0.4) is 0 Å². The van der Waals surface area contributed by atoms with E-state index < -0.39 is 17.9 Å². The SMILES string of the molecule is Cc1cc(O)ccc1NC(=O)CCC(=O)NC(C(=O)O)C(C)C. The van der Waals surface area contributed by atoms with Gasteiger partial charge >= 0.3 is 5.97 Å². The number of nitrogens with one attached hydrogen (secondary N) is 2. The van der Waals surface area contributed by atoms with Gasteiger partial charge < -0.3 is 20.8 Å². The molecule has 0 spiro atoms. The largest absolute Gasteiger partial charge is 0.508 e. The molecule has 0 aromatic heterocycles. The van der Waals surface area contributed by atoms with Gasteiger partial charge in [-0.3, -0.25) is 9.59 Å². The third-order valence-electron chi connectivity index (χ3n) is 3.31. The zero-order chi connectivity index (χ0) is 17.6. The van der Waals surface area contributed by atoms with Gasteiger partial charge in [0.05, 0.1) is 0 Å². The van der Waals surface area contributed by atoms with Crippen LogP contribution in [-0.4, -0.2) is 34.0 Å². The Bertz CT molecular complexity index is 598. The molecule has 4 N–H and O–H groups in total. The molecule has 0 bridgehead atoms. The second-order valence-corrected chi connectivity index (χ2v) is 5.67. The molecule has 0 fully saturated rings. The van der Waals surface area contributed by atoms with Crippen LogP contribution in [-0.2, 0) is 14.4 Å². The number of benzene rings is 1. The summed E-state index contributed by atoms with van der Waals surface area (Å²) in [5.41, 5.74) is 1.26. The Balaban J connectivity index is 2.49. The molecule has 0 radical (unpaired) electrons. The van der Waals surface area contributed by atoms with Crippen molar-refractivity contribution in [3.05, 3.63) is 23.8 Å². The summed E-state index contributed by atoms with van der Waals surface area (Å²) in [6.45, 7) is 5.13. The molecule has 0 aliphatic rings. The lowest BCUT2D eigenvalue weighted by Crippen LogP contribution is -2.44. The van der Waals surface area contributed by atoms with Crippen LogP contribution in [0.15, 0.2) is 18.2 Å². The maximum atomic E-state index is 11.8. The molecule has 1 unspecified atom stereocenters. The number of amides is 2. The van der Waals surface area contributed by atoms with Crippen LogP contribution in [0, 0.1) is 12.8 Å². The molecule has 7 nitrogen and oxygen atoms in total. The van der Waals surface area contributed by atoms with Crippen LogP contribution in [0.5, 0.6) is 5.75 Å². The van der Waals surface area contributed by atoms with Crippen LogP contribution >= 0.6 is 0 Å². The Morgan fingerprint density at radius 2 is 1.74 bits per heavy atom. The number of hydrogen-bond donors (Lipinski definition) is 4. The summed E-state index contributed by atoms with van der Waals surface area (Å²) in [4.78, 5) is 34.6. The van der Waals surface area contributed by atoms with E-state index >= 15 is 0 Å². The van der Waals surface area contributed by atoms with E-state index in [0.717, 1.165) is 0 Å². The number of aryl methyl sites for hydroxylation is 1. The van der Waals surface area contributed by atoms with Gasteiger partial charge in [-0.05, 0) is 36.6 Å². The zero-order valence-electron chi connectivity index (χ0n) is 13.4. The normalized spacial score (nSPS) is 11.8. The Morgan fingerprint density at radius 1 is 1.13 bits per heavy atom. The average Bonchev–Trinajstić information content (AvgIpc) is 2.45. The first-order valence-corrected chi connectivity index (χ1v) is 7.32. The smallest absolute Gasteiger partial charge is 0.326 e. The molecule has 2 amide bonds. The van der Waals surface area contributed by atoms with Gasteiger partial charge in [0.15, 0.2) is 0 Å². The van der Waals surface area contributed by atoms with Gasteiger partial charge in [-0.25, -0.2) is 4.79 Å². The Morgan fingerprint density at radius 3 is 2.26 bits per heavy atom. The average molecular weight is 322 g/mol. The van der Waals surface area contributed by atoms with Gasteiger partial charge in [-0.2, -0.15) is 0 Å². The van der Waals surface area contributed by atoms with E-state index in [9.17, 15) is 19.5 Å². The number of carboxylic acid groups (broad SMARTS) is 1. The Kier molecular flexibility index (Phi) is 6.56. The number of phenols is 1. The highest BCUT2D eigenvalue weighted by atomic mass is 16.4. The topological polar surface area (TPSA) is 116 Å². The van der Waals surface area contributed by atoms with Gasteiger partial charge in [0.2, 0.25) is 11.8 Å². The first kappa shape index (κ1) is 18.5. The van der Waals surface area contributed by atoms with E-state index in [1.807, 2.05) is 0 Å². The second-order valence-electron chi connectivity index (χ2n) is 5.67. The van der Waals surface area contributed by atoms with Gasteiger partial charge in [-0.15, -0.1) is 0 Å². The number of phenolic OH excluding ortho intramolecular Hbond substituents is 1. The lowest BCUT2D eigenvalue weighted by Gasteiger charge is -2.17. The van der Waals surface area contributed by atoms with E-state index in [1.54, 1.807) is 26.8 Å². The molecule has 0 saturated heterocycles. The summed E-state index contributed by atoms with van der Waals surface area (Å²) in [7, 11) is 0. The highest BCUT2D eigenvalue weighted by Crippen LogP contribution is 2.20. The van der Waals surface area contributed by atoms with Crippen molar-refractivity contribution in [3.8, 4) is 5.75 Å². The number of anilines is 1. The van der Waals surface area contributed by atoms with Crippen LogP contribution in [0.4, 0.5) is 5.69 Å². The molecule has 1 aromatic rings. The Hall–Kier alpha value is -2.57. The van der Waals surface area contributed by atoms with Crippen molar-refractivity contribution in [1.29, 1.82) is 0 Å². The lowest BCUT2D eigenvalue weighted by molar-refractivity contribution is -0.143. The summed E-state index contributed by atoms with van der Waals surface area (Å²) in [6.07, 6.45) is -0.157. The summed E-state index contributed by atoms with van der Waals surface area (Å²) in [5, 5.41) is 23.4. The molecule has 1 aromatic carbocycles.